The fourth-order valence-corrected chi connectivity index (χ4v) is 4.18. The SMILES string of the molecule is COc1cc(C=c2sc3ncc(-c4ccccc4C(=O)O)n3c2=O)cc(Cl)c1O. The van der Waals surface area contributed by atoms with E-state index in [4.69, 9.17) is 16.3 Å². The molecule has 29 heavy (non-hydrogen) atoms. The second-order valence-electron chi connectivity index (χ2n) is 6.08. The van der Waals surface area contributed by atoms with Crippen LogP contribution in [0.25, 0.3) is 22.3 Å². The quantitative estimate of drug-likeness (QED) is 0.518. The first-order chi connectivity index (χ1) is 13.9. The molecule has 0 aliphatic heterocycles. The molecule has 9 heteroatoms. The minimum atomic E-state index is -1.09. The highest BCUT2D eigenvalue weighted by atomic mass is 35.5. The molecule has 0 saturated heterocycles. The average molecular weight is 429 g/mol. The van der Waals surface area contributed by atoms with Crippen molar-refractivity contribution in [2.75, 3.05) is 7.11 Å². The Morgan fingerprint density at radius 3 is 2.79 bits per heavy atom. The van der Waals surface area contributed by atoms with E-state index in [0.29, 0.717) is 26.3 Å². The molecule has 146 valence electrons. The molecular weight excluding hydrogens is 416 g/mol. The molecule has 2 aromatic carbocycles. The summed E-state index contributed by atoms with van der Waals surface area (Å²) < 4.78 is 6.86. The number of hydrogen-bond donors (Lipinski definition) is 2. The van der Waals surface area contributed by atoms with Crippen LogP contribution in [0, 0.1) is 0 Å². The first-order valence-electron chi connectivity index (χ1n) is 8.32. The zero-order valence-corrected chi connectivity index (χ0v) is 16.5. The molecule has 0 amide bonds. The number of aromatic carboxylic acids is 1. The summed E-state index contributed by atoms with van der Waals surface area (Å²) in [7, 11) is 1.40. The molecule has 0 saturated carbocycles. The minimum Gasteiger partial charge on any atom is -0.503 e. The predicted molar refractivity (Wildman–Crippen MR) is 110 cm³/mol. The highest BCUT2D eigenvalue weighted by Gasteiger charge is 2.18. The number of aromatic nitrogens is 2. The number of benzene rings is 2. The van der Waals surface area contributed by atoms with Crippen molar-refractivity contribution >= 4 is 39.9 Å². The van der Waals surface area contributed by atoms with Gasteiger partial charge in [-0.3, -0.25) is 4.79 Å². The van der Waals surface area contributed by atoms with Crippen molar-refractivity contribution in [3.05, 3.63) is 73.6 Å². The normalized spacial score (nSPS) is 11.9. The van der Waals surface area contributed by atoms with Crippen LogP contribution in [0.3, 0.4) is 0 Å². The number of thiazole rings is 1. The second kappa shape index (κ2) is 7.23. The van der Waals surface area contributed by atoms with E-state index >= 15 is 0 Å². The summed E-state index contributed by atoms with van der Waals surface area (Å²) in [4.78, 5) is 29.3. The van der Waals surface area contributed by atoms with Gasteiger partial charge in [-0.1, -0.05) is 41.1 Å². The van der Waals surface area contributed by atoms with Gasteiger partial charge in [0.05, 0.1) is 34.1 Å². The highest BCUT2D eigenvalue weighted by Crippen LogP contribution is 2.35. The molecule has 4 aromatic rings. The molecule has 4 rings (SSSR count). The number of phenols is 1. The van der Waals surface area contributed by atoms with Gasteiger partial charge in [-0.15, -0.1) is 0 Å². The maximum atomic E-state index is 13.0. The van der Waals surface area contributed by atoms with E-state index in [1.807, 2.05) is 0 Å². The fourth-order valence-electron chi connectivity index (χ4n) is 3.01. The van der Waals surface area contributed by atoms with E-state index in [0.717, 1.165) is 11.3 Å². The Labute approximate surface area is 172 Å². The molecule has 0 radical (unpaired) electrons. The van der Waals surface area contributed by atoms with Crippen molar-refractivity contribution in [1.82, 2.24) is 9.38 Å². The Hall–Kier alpha value is -3.36. The Morgan fingerprint density at radius 2 is 2.07 bits per heavy atom. The zero-order valence-electron chi connectivity index (χ0n) is 14.9. The molecule has 7 nitrogen and oxygen atoms in total. The van der Waals surface area contributed by atoms with Crippen LogP contribution < -0.4 is 14.8 Å². The molecule has 0 aliphatic carbocycles. The first-order valence-corrected chi connectivity index (χ1v) is 9.51. The summed E-state index contributed by atoms with van der Waals surface area (Å²) in [6.07, 6.45) is 3.10. The summed E-state index contributed by atoms with van der Waals surface area (Å²) in [5.74, 6) is -1.08. The maximum Gasteiger partial charge on any atom is 0.336 e. The van der Waals surface area contributed by atoms with Crippen molar-refractivity contribution in [1.29, 1.82) is 0 Å². The zero-order chi connectivity index (χ0) is 20.7. The molecule has 0 unspecified atom stereocenters. The van der Waals surface area contributed by atoms with Gasteiger partial charge in [0, 0.05) is 5.56 Å². The Kier molecular flexibility index (Phi) is 4.73. The van der Waals surface area contributed by atoms with Crippen molar-refractivity contribution in [2.24, 2.45) is 0 Å². The maximum absolute atomic E-state index is 13.0. The number of halogens is 1. The van der Waals surface area contributed by atoms with Gasteiger partial charge in [0.25, 0.3) is 5.56 Å². The van der Waals surface area contributed by atoms with E-state index < -0.39 is 5.97 Å². The van der Waals surface area contributed by atoms with Gasteiger partial charge in [-0.25, -0.2) is 14.2 Å². The summed E-state index contributed by atoms with van der Waals surface area (Å²) in [5, 5.41) is 19.4. The van der Waals surface area contributed by atoms with Crippen LogP contribution in [0.2, 0.25) is 5.02 Å². The van der Waals surface area contributed by atoms with Crippen LogP contribution in [0.4, 0.5) is 0 Å². The van der Waals surface area contributed by atoms with Gasteiger partial charge < -0.3 is 14.9 Å². The first kappa shape index (κ1) is 19.0. The summed E-state index contributed by atoms with van der Waals surface area (Å²) >= 11 is 7.18. The van der Waals surface area contributed by atoms with Gasteiger partial charge in [-0.05, 0) is 29.8 Å². The Bertz CT molecular complexity index is 1380. The van der Waals surface area contributed by atoms with Crippen LogP contribution in [-0.2, 0) is 0 Å². The van der Waals surface area contributed by atoms with Crippen LogP contribution >= 0.6 is 22.9 Å². The molecule has 0 bridgehead atoms. The van der Waals surface area contributed by atoms with Crippen LogP contribution in [0.15, 0.2) is 47.4 Å². The summed E-state index contributed by atoms with van der Waals surface area (Å²) in [6, 6.07) is 9.52. The smallest absolute Gasteiger partial charge is 0.336 e. The lowest BCUT2D eigenvalue weighted by atomic mass is 10.1. The average Bonchev–Trinajstić information content (AvgIpc) is 3.25. The lowest BCUT2D eigenvalue weighted by Gasteiger charge is -2.05. The third-order valence-corrected chi connectivity index (χ3v) is 5.62. The highest BCUT2D eigenvalue weighted by molar-refractivity contribution is 7.15. The van der Waals surface area contributed by atoms with Crippen molar-refractivity contribution in [3.63, 3.8) is 0 Å². The number of imidazole rings is 1. The Balaban J connectivity index is 1.93. The van der Waals surface area contributed by atoms with Crippen LogP contribution in [0.5, 0.6) is 11.5 Å². The molecule has 2 aromatic heterocycles. The predicted octanol–water partition coefficient (Wildman–Crippen LogP) is 3.04. The van der Waals surface area contributed by atoms with Gasteiger partial charge >= 0.3 is 5.97 Å². The number of ether oxygens (including phenoxy) is 1. The fraction of sp³-hybridized carbons (Fsp3) is 0.0500. The van der Waals surface area contributed by atoms with Gasteiger partial charge in [0.1, 0.15) is 0 Å². The lowest BCUT2D eigenvalue weighted by Crippen LogP contribution is -2.23. The third kappa shape index (κ3) is 3.22. The van der Waals surface area contributed by atoms with Gasteiger partial charge in [0.15, 0.2) is 16.5 Å². The number of rotatable bonds is 4. The largest absolute Gasteiger partial charge is 0.503 e. The van der Waals surface area contributed by atoms with E-state index in [-0.39, 0.29) is 27.6 Å². The number of phenolic OH excluding ortho intramolecular Hbond substituents is 1. The number of hydrogen-bond acceptors (Lipinski definition) is 6. The number of aromatic hydroxyl groups is 1. The van der Waals surface area contributed by atoms with Crippen molar-refractivity contribution in [3.8, 4) is 22.8 Å². The molecule has 0 aliphatic rings. The van der Waals surface area contributed by atoms with Gasteiger partial charge in [0.2, 0.25) is 0 Å². The third-order valence-electron chi connectivity index (χ3n) is 4.35. The number of carboxylic acid groups (broad SMARTS) is 1. The second-order valence-corrected chi connectivity index (χ2v) is 7.50. The van der Waals surface area contributed by atoms with E-state index in [1.54, 1.807) is 30.3 Å². The van der Waals surface area contributed by atoms with E-state index in [2.05, 4.69) is 4.98 Å². The molecule has 0 spiro atoms. The number of fused-ring (bicyclic) bond motifs is 1. The molecule has 0 fully saturated rings. The van der Waals surface area contributed by atoms with Crippen molar-refractivity contribution < 1.29 is 19.7 Å². The number of nitrogens with zero attached hydrogens (tertiary/aromatic N) is 2. The topological polar surface area (TPSA) is 101 Å². The van der Waals surface area contributed by atoms with Crippen LogP contribution in [0.1, 0.15) is 15.9 Å². The monoisotopic (exact) mass is 428 g/mol. The van der Waals surface area contributed by atoms with Crippen LogP contribution in [-0.4, -0.2) is 32.7 Å². The number of carboxylic acids is 1. The van der Waals surface area contributed by atoms with Gasteiger partial charge in [-0.2, -0.15) is 0 Å². The summed E-state index contributed by atoms with van der Waals surface area (Å²) in [6.45, 7) is 0. The number of carbonyl (C=O) groups is 1. The standard InChI is InChI=1S/C20H13ClN2O5S/c1-28-15-7-10(6-13(21)17(15)24)8-16-18(25)23-14(9-22-20(23)29-16)11-4-2-3-5-12(11)19(26)27/h2-9,24H,1H3,(H,26,27). The molecule has 2 heterocycles. The minimum absolute atomic E-state index is 0.0838. The molecule has 0 atom stereocenters. The van der Waals surface area contributed by atoms with Crippen molar-refractivity contribution in [2.45, 2.75) is 0 Å². The Morgan fingerprint density at radius 1 is 1.31 bits per heavy atom. The summed E-state index contributed by atoms with van der Waals surface area (Å²) in [5.41, 5.74) is 1.13. The molecular formula is C20H13ClN2O5S. The lowest BCUT2D eigenvalue weighted by molar-refractivity contribution is 0.0697. The molecule has 2 N–H and O–H groups in total. The van der Waals surface area contributed by atoms with E-state index in [1.165, 1.54) is 29.8 Å². The van der Waals surface area contributed by atoms with E-state index in [9.17, 15) is 19.8 Å². The number of methoxy groups -OCH3 is 1.